The average molecular weight is 263 g/mol. The second-order valence-electron chi connectivity index (χ2n) is 3.54. The van der Waals surface area contributed by atoms with Crippen molar-refractivity contribution >= 4 is 45.0 Å². The molecule has 0 aliphatic rings. The van der Waals surface area contributed by atoms with Crippen LogP contribution in [0.3, 0.4) is 0 Å². The van der Waals surface area contributed by atoms with Gasteiger partial charge in [-0.25, -0.2) is 0 Å². The van der Waals surface area contributed by atoms with E-state index in [0.717, 1.165) is 4.88 Å². The molecule has 3 nitrogen and oxygen atoms in total. The number of nitrogens with one attached hydrogen (secondary N) is 2. The Hall–Kier alpha value is -1.46. The molecular weight excluding hydrogens is 250 g/mol. The predicted octanol–water partition coefficient (Wildman–Crippen LogP) is 2.64. The second kappa shape index (κ2) is 5.25. The maximum Gasteiger partial charge on any atom is 0.186 e. The summed E-state index contributed by atoms with van der Waals surface area (Å²) in [7, 11) is 1.76. The van der Waals surface area contributed by atoms with E-state index in [2.05, 4.69) is 41.0 Å². The first-order valence-corrected chi connectivity index (χ1v) is 6.43. The van der Waals surface area contributed by atoms with Crippen LogP contribution < -0.4 is 10.7 Å². The molecular formula is C12H13N3S2. The number of hydrazone groups is 1. The summed E-state index contributed by atoms with van der Waals surface area (Å²) in [6.07, 6.45) is 1.81. The molecule has 0 spiro atoms. The maximum atomic E-state index is 4.94. The normalized spacial score (nSPS) is 10.9. The summed E-state index contributed by atoms with van der Waals surface area (Å²) in [5.74, 6) is 0. The number of rotatable bonds is 2. The second-order valence-corrected chi connectivity index (χ2v) is 5.03. The number of thiophene rings is 1. The molecule has 0 saturated heterocycles. The summed E-state index contributed by atoms with van der Waals surface area (Å²) >= 11 is 6.67. The minimum Gasteiger partial charge on any atom is -0.364 e. The molecule has 88 valence electrons. The van der Waals surface area contributed by atoms with E-state index in [4.69, 9.17) is 12.2 Å². The lowest BCUT2D eigenvalue weighted by Crippen LogP contribution is -2.28. The average Bonchev–Trinajstić information content (AvgIpc) is 2.67. The van der Waals surface area contributed by atoms with Crippen molar-refractivity contribution in [3.05, 3.63) is 34.7 Å². The van der Waals surface area contributed by atoms with Gasteiger partial charge in [0.15, 0.2) is 5.11 Å². The number of nitrogens with zero attached hydrogens (tertiary/aromatic N) is 1. The summed E-state index contributed by atoms with van der Waals surface area (Å²) < 4.78 is 1.28. The Bertz CT molecular complexity index is 572. The Labute approximate surface area is 110 Å². The van der Waals surface area contributed by atoms with Crippen molar-refractivity contribution in [3.63, 3.8) is 0 Å². The zero-order chi connectivity index (χ0) is 12.3. The molecule has 17 heavy (non-hydrogen) atoms. The molecule has 0 atom stereocenters. The molecule has 0 aliphatic heterocycles. The Morgan fingerprint density at radius 3 is 2.88 bits per heavy atom. The van der Waals surface area contributed by atoms with E-state index in [1.54, 1.807) is 18.4 Å². The van der Waals surface area contributed by atoms with Gasteiger partial charge in [-0.1, -0.05) is 18.2 Å². The van der Waals surface area contributed by atoms with Crippen LogP contribution in [-0.4, -0.2) is 18.4 Å². The van der Waals surface area contributed by atoms with E-state index >= 15 is 0 Å². The minimum atomic E-state index is 0.514. The van der Waals surface area contributed by atoms with Gasteiger partial charge in [0.25, 0.3) is 0 Å². The zero-order valence-corrected chi connectivity index (χ0v) is 11.3. The first kappa shape index (κ1) is 12.0. The number of hydrogen-bond acceptors (Lipinski definition) is 3. The fourth-order valence-electron chi connectivity index (χ4n) is 1.52. The van der Waals surface area contributed by atoms with Crippen LogP contribution in [-0.2, 0) is 0 Å². The summed E-state index contributed by atoms with van der Waals surface area (Å²) in [5, 5.41) is 8.70. The first-order valence-electron chi connectivity index (χ1n) is 5.21. The van der Waals surface area contributed by atoms with Gasteiger partial charge in [0.2, 0.25) is 0 Å². The summed E-state index contributed by atoms with van der Waals surface area (Å²) in [6.45, 7) is 2.11. The monoisotopic (exact) mass is 263 g/mol. The molecule has 0 amide bonds. The number of benzene rings is 1. The molecule has 1 aromatic carbocycles. The van der Waals surface area contributed by atoms with Gasteiger partial charge in [0.1, 0.15) is 0 Å². The highest BCUT2D eigenvalue weighted by Crippen LogP contribution is 2.29. The topological polar surface area (TPSA) is 36.4 Å². The third kappa shape index (κ3) is 2.62. The predicted molar refractivity (Wildman–Crippen MR) is 78.9 cm³/mol. The van der Waals surface area contributed by atoms with Gasteiger partial charge >= 0.3 is 0 Å². The van der Waals surface area contributed by atoms with Crippen molar-refractivity contribution in [2.75, 3.05) is 7.05 Å². The van der Waals surface area contributed by atoms with Crippen molar-refractivity contribution in [1.82, 2.24) is 10.7 Å². The molecule has 2 aromatic rings. The van der Waals surface area contributed by atoms with Crippen LogP contribution in [0.25, 0.3) is 10.1 Å². The molecule has 0 fully saturated rings. The molecule has 0 aliphatic carbocycles. The number of hydrogen-bond donors (Lipinski definition) is 2. The van der Waals surface area contributed by atoms with Gasteiger partial charge < -0.3 is 5.32 Å². The van der Waals surface area contributed by atoms with Gasteiger partial charge in [0.05, 0.1) is 11.1 Å². The van der Waals surface area contributed by atoms with Crippen molar-refractivity contribution < 1.29 is 0 Å². The summed E-state index contributed by atoms with van der Waals surface area (Å²) in [4.78, 5) is 1.15. The van der Waals surface area contributed by atoms with Gasteiger partial charge in [-0.3, -0.25) is 5.43 Å². The Kier molecular flexibility index (Phi) is 3.71. The quantitative estimate of drug-likeness (QED) is 0.497. The maximum absolute atomic E-state index is 4.94. The molecule has 1 heterocycles. The summed E-state index contributed by atoms with van der Waals surface area (Å²) in [6, 6.07) is 8.35. The highest BCUT2D eigenvalue weighted by molar-refractivity contribution is 7.80. The van der Waals surface area contributed by atoms with Gasteiger partial charge in [-0.05, 0) is 36.2 Å². The molecule has 0 unspecified atom stereocenters. The molecule has 2 rings (SSSR count). The van der Waals surface area contributed by atoms with E-state index in [1.807, 2.05) is 12.3 Å². The van der Waals surface area contributed by atoms with E-state index in [9.17, 15) is 0 Å². The first-order chi connectivity index (χ1) is 8.22. The van der Waals surface area contributed by atoms with Crippen molar-refractivity contribution in [2.24, 2.45) is 5.10 Å². The SMILES string of the molecule is CNC(=S)N/N=C/c1sc2ccccc2c1C. The van der Waals surface area contributed by atoms with E-state index in [-0.39, 0.29) is 0 Å². The fraction of sp³-hybridized carbons (Fsp3) is 0.167. The van der Waals surface area contributed by atoms with Crippen LogP contribution in [0.4, 0.5) is 0 Å². The zero-order valence-electron chi connectivity index (χ0n) is 9.65. The Morgan fingerprint density at radius 1 is 1.41 bits per heavy atom. The van der Waals surface area contributed by atoms with Crippen LogP contribution in [0, 0.1) is 6.92 Å². The Morgan fingerprint density at radius 2 is 2.18 bits per heavy atom. The lowest BCUT2D eigenvalue weighted by molar-refractivity contribution is 0.982. The van der Waals surface area contributed by atoms with Crippen LogP contribution in [0.2, 0.25) is 0 Å². The van der Waals surface area contributed by atoms with Gasteiger partial charge in [0, 0.05) is 11.7 Å². The highest BCUT2D eigenvalue weighted by atomic mass is 32.1. The van der Waals surface area contributed by atoms with Crippen LogP contribution in [0.5, 0.6) is 0 Å². The fourth-order valence-corrected chi connectivity index (χ4v) is 2.66. The highest BCUT2D eigenvalue weighted by Gasteiger charge is 2.05. The van der Waals surface area contributed by atoms with E-state index in [0.29, 0.717) is 5.11 Å². The van der Waals surface area contributed by atoms with Crippen molar-refractivity contribution in [3.8, 4) is 0 Å². The van der Waals surface area contributed by atoms with E-state index < -0.39 is 0 Å². The molecule has 1 aromatic heterocycles. The van der Waals surface area contributed by atoms with Gasteiger partial charge in [-0.2, -0.15) is 5.10 Å². The molecule has 5 heteroatoms. The number of aryl methyl sites for hydroxylation is 1. The van der Waals surface area contributed by atoms with Crippen molar-refractivity contribution in [1.29, 1.82) is 0 Å². The van der Waals surface area contributed by atoms with Crippen molar-refractivity contribution in [2.45, 2.75) is 6.92 Å². The summed E-state index contributed by atoms with van der Waals surface area (Å²) in [5.41, 5.74) is 4.00. The number of fused-ring (bicyclic) bond motifs is 1. The Balaban J connectivity index is 2.24. The largest absolute Gasteiger partial charge is 0.364 e. The third-order valence-corrected chi connectivity index (χ3v) is 3.96. The molecule has 2 N–H and O–H groups in total. The standard InChI is InChI=1S/C12H13N3S2/c1-8-9-5-3-4-6-10(9)17-11(8)7-14-15-12(16)13-2/h3-7H,1-2H3,(H2,13,15,16)/b14-7+. The van der Waals surface area contributed by atoms with Gasteiger partial charge in [-0.15, -0.1) is 11.3 Å². The minimum absolute atomic E-state index is 0.514. The third-order valence-electron chi connectivity index (χ3n) is 2.46. The molecule has 0 bridgehead atoms. The van der Waals surface area contributed by atoms with E-state index in [1.165, 1.54) is 15.6 Å². The number of thiocarbonyl (C=S) groups is 1. The molecule has 0 saturated carbocycles. The smallest absolute Gasteiger partial charge is 0.186 e. The van der Waals surface area contributed by atoms with Crippen LogP contribution in [0.15, 0.2) is 29.4 Å². The lowest BCUT2D eigenvalue weighted by atomic mass is 10.1. The lowest BCUT2D eigenvalue weighted by Gasteiger charge is -1.98. The van der Waals surface area contributed by atoms with Crippen LogP contribution >= 0.6 is 23.6 Å². The molecule has 0 radical (unpaired) electrons. The van der Waals surface area contributed by atoms with Crippen LogP contribution in [0.1, 0.15) is 10.4 Å².